The lowest BCUT2D eigenvalue weighted by molar-refractivity contribution is 0.146. The van der Waals surface area contributed by atoms with Gasteiger partial charge in [-0.15, -0.1) is 0 Å². The molecule has 0 saturated heterocycles. The lowest BCUT2D eigenvalue weighted by atomic mass is 10.2. The van der Waals surface area contributed by atoms with Crippen LogP contribution in [0.25, 0.3) is 0 Å². The van der Waals surface area contributed by atoms with Gasteiger partial charge in [0.15, 0.2) is 0 Å². The van der Waals surface area contributed by atoms with Crippen LogP contribution in [-0.4, -0.2) is 12.1 Å². The number of aromatic nitrogens is 1. The molecule has 0 aromatic carbocycles. The zero-order valence-corrected chi connectivity index (χ0v) is 8.00. The molecule has 0 atom stereocenters. The number of hydrogen-bond donors (Lipinski definition) is 1. The van der Waals surface area contributed by atoms with Gasteiger partial charge in [0.2, 0.25) is 5.88 Å². The van der Waals surface area contributed by atoms with Crippen molar-refractivity contribution < 1.29 is 13.5 Å². The Kier molecular flexibility index (Phi) is 3.39. The maximum Gasteiger partial charge on any atom is 0.269 e. The van der Waals surface area contributed by atoms with Gasteiger partial charge in [0.05, 0.1) is 36.5 Å². The van der Waals surface area contributed by atoms with Crippen LogP contribution in [0.1, 0.15) is 17.7 Å². The summed E-state index contributed by atoms with van der Waals surface area (Å²) >= 11 is 0. The summed E-state index contributed by atoms with van der Waals surface area (Å²) in [6, 6.07) is 2.93. The van der Waals surface area contributed by atoms with E-state index in [9.17, 15) is 8.78 Å². The van der Waals surface area contributed by atoms with E-state index in [0.717, 1.165) is 6.07 Å². The van der Waals surface area contributed by atoms with Crippen molar-refractivity contribution in [3.05, 3.63) is 17.3 Å². The van der Waals surface area contributed by atoms with E-state index in [1.54, 1.807) is 0 Å². The van der Waals surface area contributed by atoms with Crippen LogP contribution in [0.5, 0.6) is 5.88 Å². The fourth-order valence-electron chi connectivity index (χ4n) is 1.10. The number of hydrogen-bond acceptors (Lipinski definition) is 4. The third-order valence-electron chi connectivity index (χ3n) is 1.80. The Hall–Kier alpha value is -1.90. The van der Waals surface area contributed by atoms with Gasteiger partial charge in [-0.25, -0.2) is 13.8 Å². The van der Waals surface area contributed by atoms with E-state index in [0.29, 0.717) is 0 Å². The first-order valence-corrected chi connectivity index (χ1v) is 4.08. The van der Waals surface area contributed by atoms with E-state index in [-0.39, 0.29) is 29.2 Å². The van der Waals surface area contributed by atoms with Crippen LogP contribution in [0, 0.1) is 11.3 Å². The van der Waals surface area contributed by atoms with Crippen LogP contribution in [-0.2, 0) is 6.42 Å². The number of nitriles is 1. The standard InChI is InChI=1S/C9H9F2N3O/c1-15-9-5(8(10)11)4-6(13)7(14-9)2-3-12/h4,8H,2,13H2,1H3. The van der Waals surface area contributed by atoms with Gasteiger partial charge in [-0.2, -0.15) is 5.26 Å². The molecule has 6 heteroatoms. The molecule has 0 saturated carbocycles. The van der Waals surface area contributed by atoms with Crippen LogP contribution in [0.2, 0.25) is 0 Å². The fraction of sp³-hybridized carbons (Fsp3) is 0.333. The second-order valence-electron chi connectivity index (χ2n) is 2.76. The minimum atomic E-state index is -2.70. The van der Waals surface area contributed by atoms with Crippen molar-refractivity contribution >= 4 is 5.69 Å². The molecular formula is C9H9F2N3O. The monoisotopic (exact) mass is 213 g/mol. The van der Waals surface area contributed by atoms with Gasteiger partial charge in [0.25, 0.3) is 6.43 Å². The summed E-state index contributed by atoms with van der Waals surface area (Å²) in [5.41, 5.74) is 5.43. The van der Waals surface area contributed by atoms with Crippen LogP contribution in [0.15, 0.2) is 6.07 Å². The first-order valence-electron chi connectivity index (χ1n) is 4.08. The number of methoxy groups -OCH3 is 1. The molecule has 0 spiro atoms. The Balaban J connectivity index is 3.24. The third kappa shape index (κ3) is 2.31. The summed E-state index contributed by atoms with van der Waals surface area (Å²) in [5.74, 6) is -0.190. The molecule has 0 radical (unpaired) electrons. The molecule has 2 N–H and O–H groups in total. The second-order valence-corrected chi connectivity index (χ2v) is 2.76. The SMILES string of the molecule is COc1nc(CC#N)c(N)cc1C(F)F. The highest BCUT2D eigenvalue weighted by molar-refractivity contribution is 5.50. The second kappa shape index (κ2) is 4.55. The Morgan fingerprint density at radius 1 is 1.67 bits per heavy atom. The number of anilines is 1. The van der Waals surface area contributed by atoms with E-state index in [4.69, 9.17) is 15.7 Å². The first-order chi connectivity index (χ1) is 7.10. The summed E-state index contributed by atoms with van der Waals surface area (Å²) in [4.78, 5) is 3.75. The first kappa shape index (κ1) is 11.2. The lowest BCUT2D eigenvalue weighted by Gasteiger charge is -2.09. The average molecular weight is 213 g/mol. The summed E-state index contributed by atoms with van der Waals surface area (Å²) in [6.45, 7) is 0. The van der Waals surface area contributed by atoms with Crippen molar-refractivity contribution in [3.8, 4) is 11.9 Å². The number of nitrogens with zero attached hydrogens (tertiary/aromatic N) is 2. The van der Waals surface area contributed by atoms with Gasteiger partial charge < -0.3 is 10.5 Å². The van der Waals surface area contributed by atoms with Crippen LogP contribution < -0.4 is 10.5 Å². The molecule has 0 bridgehead atoms. The zero-order chi connectivity index (χ0) is 11.4. The molecule has 0 aliphatic heterocycles. The van der Waals surface area contributed by atoms with Crippen molar-refractivity contribution in [2.24, 2.45) is 0 Å². The smallest absolute Gasteiger partial charge is 0.269 e. The van der Waals surface area contributed by atoms with Gasteiger partial charge in [-0.3, -0.25) is 0 Å². The van der Waals surface area contributed by atoms with E-state index in [1.165, 1.54) is 7.11 Å². The van der Waals surface area contributed by atoms with Gasteiger partial charge in [-0.05, 0) is 6.07 Å². The summed E-state index contributed by atoms with van der Waals surface area (Å²) in [7, 11) is 1.24. The third-order valence-corrected chi connectivity index (χ3v) is 1.80. The van der Waals surface area contributed by atoms with Crippen molar-refractivity contribution in [1.29, 1.82) is 5.26 Å². The molecule has 0 fully saturated rings. The van der Waals surface area contributed by atoms with E-state index < -0.39 is 6.43 Å². The number of halogens is 2. The Morgan fingerprint density at radius 2 is 2.33 bits per heavy atom. The summed E-state index contributed by atoms with van der Waals surface area (Å²) in [5, 5.41) is 8.45. The quantitative estimate of drug-likeness (QED) is 0.828. The minimum absolute atomic E-state index is 0.0360. The molecule has 1 aromatic rings. The van der Waals surface area contributed by atoms with Gasteiger partial charge in [0, 0.05) is 0 Å². The predicted molar refractivity (Wildman–Crippen MR) is 49.5 cm³/mol. The summed E-state index contributed by atoms with van der Waals surface area (Å²) in [6.07, 6.45) is -2.74. The van der Waals surface area contributed by atoms with Crippen molar-refractivity contribution in [1.82, 2.24) is 4.98 Å². The van der Waals surface area contributed by atoms with Crippen molar-refractivity contribution in [3.63, 3.8) is 0 Å². The Morgan fingerprint density at radius 3 is 2.80 bits per heavy atom. The molecule has 0 amide bonds. The molecule has 4 nitrogen and oxygen atoms in total. The Labute approximate surface area is 85.3 Å². The molecule has 0 aliphatic rings. The molecule has 15 heavy (non-hydrogen) atoms. The van der Waals surface area contributed by atoms with Gasteiger partial charge >= 0.3 is 0 Å². The largest absolute Gasteiger partial charge is 0.481 e. The number of nitrogens with two attached hydrogens (primary N) is 1. The highest BCUT2D eigenvalue weighted by Gasteiger charge is 2.17. The van der Waals surface area contributed by atoms with Crippen molar-refractivity contribution in [2.45, 2.75) is 12.8 Å². The maximum atomic E-state index is 12.5. The highest BCUT2D eigenvalue weighted by Crippen LogP contribution is 2.30. The average Bonchev–Trinajstić information content (AvgIpc) is 2.20. The zero-order valence-electron chi connectivity index (χ0n) is 8.00. The Bertz CT molecular complexity index is 401. The molecule has 1 heterocycles. The van der Waals surface area contributed by atoms with E-state index >= 15 is 0 Å². The van der Waals surface area contributed by atoms with E-state index in [1.807, 2.05) is 6.07 Å². The molecular weight excluding hydrogens is 204 g/mol. The maximum absolute atomic E-state index is 12.5. The molecule has 80 valence electrons. The minimum Gasteiger partial charge on any atom is -0.481 e. The number of ether oxygens (including phenoxy) is 1. The highest BCUT2D eigenvalue weighted by atomic mass is 19.3. The van der Waals surface area contributed by atoms with Crippen LogP contribution in [0.3, 0.4) is 0 Å². The van der Waals surface area contributed by atoms with Crippen LogP contribution >= 0.6 is 0 Å². The predicted octanol–water partition coefficient (Wildman–Crippen LogP) is 1.68. The summed E-state index contributed by atoms with van der Waals surface area (Å²) < 4.78 is 29.6. The van der Waals surface area contributed by atoms with Crippen LogP contribution in [0.4, 0.5) is 14.5 Å². The molecule has 0 aliphatic carbocycles. The normalized spacial score (nSPS) is 10.1. The molecule has 1 rings (SSSR count). The topological polar surface area (TPSA) is 71.9 Å². The fourth-order valence-corrected chi connectivity index (χ4v) is 1.10. The van der Waals surface area contributed by atoms with Gasteiger partial charge in [-0.1, -0.05) is 0 Å². The molecule has 1 aromatic heterocycles. The molecule has 0 unspecified atom stereocenters. The number of alkyl halides is 2. The van der Waals surface area contributed by atoms with E-state index in [2.05, 4.69) is 4.98 Å². The van der Waals surface area contributed by atoms with Crippen molar-refractivity contribution in [2.75, 3.05) is 12.8 Å². The number of rotatable bonds is 3. The van der Waals surface area contributed by atoms with Gasteiger partial charge in [0.1, 0.15) is 0 Å². The number of nitrogen functional groups attached to an aromatic ring is 1. The lowest BCUT2D eigenvalue weighted by Crippen LogP contribution is -2.03. The number of pyridine rings is 1.